The largest absolute Gasteiger partial charge is 0.389 e. The quantitative estimate of drug-likeness (QED) is 0.824. The molecule has 1 saturated carbocycles. The summed E-state index contributed by atoms with van der Waals surface area (Å²) in [5.74, 6) is 0.781. The summed E-state index contributed by atoms with van der Waals surface area (Å²) in [6, 6.07) is 6.25. The molecule has 2 unspecified atom stereocenters. The van der Waals surface area contributed by atoms with Gasteiger partial charge in [0, 0.05) is 11.7 Å². The fourth-order valence-electron chi connectivity index (χ4n) is 2.68. The van der Waals surface area contributed by atoms with Crippen molar-refractivity contribution in [2.24, 2.45) is 11.7 Å². The lowest BCUT2D eigenvalue weighted by atomic mass is 9.87. The van der Waals surface area contributed by atoms with Crippen LogP contribution in [0.4, 0.5) is 5.69 Å². The Bertz CT molecular complexity index is 447. The van der Waals surface area contributed by atoms with E-state index in [1.165, 1.54) is 25.7 Å². The average molecular weight is 283 g/mol. The van der Waals surface area contributed by atoms with Gasteiger partial charge in [0.2, 0.25) is 0 Å². The molecule has 0 saturated heterocycles. The van der Waals surface area contributed by atoms with Crippen LogP contribution < -0.4 is 11.1 Å². The molecule has 1 aliphatic rings. The summed E-state index contributed by atoms with van der Waals surface area (Å²) in [6.45, 7) is 2.31. The highest BCUT2D eigenvalue weighted by atomic mass is 35.5. The van der Waals surface area contributed by atoms with Crippen LogP contribution in [0.15, 0.2) is 18.2 Å². The predicted octanol–water partition coefficient (Wildman–Crippen LogP) is 3.96. The monoisotopic (exact) mass is 282 g/mol. The Kier molecular flexibility index (Phi) is 4.46. The van der Waals surface area contributed by atoms with E-state index in [9.17, 15) is 0 Å². The predicted molar refractivity (Wildman–Crippen MR) is 82.4 cm³/mol. The van der Waals surface area contributed by atoms with Crippen LogP contribution in [0.5, 0.6) is 0 Å². The summed E-state index contributed by atoms with van der Waals surface area (Å²) in [5.41, 5.74) is 7.49. The van der Waals surface area contributed by atoms with Crippen LogP contribution >= 0.6 is 23.8 Å². The van der Waals surface area contributed by atoms with Gasteiger partial charge in [-0.15, -0.1) is 0 Å². The molecule has 4 heteroatoms. The highest BCUT2D eigenvalue weighted by Crippen LogP contribution is 2.29. The average Bonchev–Trinajstić information content (AvgIpc) is 2.28. The van der Waals surface area contributed by atoms with Crippen molar-refractivity contribution in [3.63, 3.8) is 0 Å². The number of nitrogens with two attached hydrogens (primary N) is 1. The Morgan fingerprint density at radius 1 is 1.44 bits per heavy atom. The van der Waals surface area contributed by atoms with E-state index in [2.05, 4.69) is 12.2 Å². The number of hydrogen-bond donors (Lipinski definition) is 2. The van der Waals surface area contributed by atoms with Crippen molar-refractivity contribution in [3.05, 3.63) is 28.8 Å². The first-order valence-electron chi connectivity index (χ1n) is 6.42. The van der Waals surface area contributed by atoms with E-state index in [0.29, 0.717) is 16.1 Å². The first-order valence-corrected chi connectivity index (χ1v) is 7.21. The summed E-state index contributed by atoms with van der Waals surface area (Å²) in [5, 5.41) is 4.17. The molecule has 1 aromatic rings. The standard InChI is InChI=1S/C14H19ClN2S/c1-9-4-2-5-10(8-9)17-12-7-3-6-11(15)13(12)14(16)18/h3,6-7,9-10,17H,2,4-5,8H2,1H3,(H2,16,18). The summed E-state index contributed by atoms with van der Waals surface area (Å²) >= 11 is 11.2. The molecule has 2 nitrogen and oxygen atoms in total. The molecule has 0 bridgehead atoms. The molecule has 0 heterocycles. The van der Waals surface area contributed by atoms with Gasteiger partial charge in [-0.3, -0.25) is 0 Å². The van der Waals surface area contributed by atoms with Gasteiger partial charge in [-0.2, -0.15) is 0 Å². The zero-order valence-electron chi connectivity index (χ0n) is 10.6. The van der Waals surface area contributed by atoms with Crippen LogP contribution in [0.2, 0.25) is 5.02 Å². The third-order valence-corrected chi connectivity index (χ3v) is 4.08. The summed E-state index contributed by atoms with van der Waals surface area (Å²) < 4.78 is 0. The lowest BCUT2D eigenvalue weighted by Crippen LogP contribution is -2.27. The Morgan fingerprint density at radius 3 is 2.89 bits per heavy atom. The summed E-state index contributed by atoms with van der Waals surface area (Å²) in [4.78, 5) is 0.354. The Labute approximate surface area is 119 Å². The molecule has 0 aromatic heterocycles. The zero-order chi connectivity index (χ0) is 13.1. The highest BCUT2D eigenvalue weighted by molar-refractivity contribution is 7.80. The molecule has 3 N–H and O–H groups in total. The Balaban J connectivity index is 2.18. The number of rotatable bonds is 3. The van der Waals surface area contributed by atoms with Crippen molar-refractivity contribution in [3.8, 4) is 0 Å². The summed E-state index contributed by atoms with van der Waals surface area (Å²) in [6.07, 6.45) is 5.01. The van der Waals surface area contributed by atoms with Crippen LogP contribution in [-0.2, 0) is 0 Å². The van der Waals surface area contributed by atoms with Crippen LogP contribution in [0, 0.1) is 5.92 Å². The zero-order valence-corrected chi connectivity index (χ0v) is 12.2. The smallest absolute Gasteiger partial charge is 0.107 e. The van der Waals surface area contributed by atoms with Gasteiger partial charge in [0.15, 0.2) is 0 Å². The fourth-order valence-corrected chi connectivity index (χ4v) is 3.23. The topological polar surface area (TPSA) is 38.0 Å². The van der Waals surface area contributed by atoms with Crippen LogP contribution in [0.25, 0.3) is 0 Å². The van der Waals surface area contributed by atoms with Crippen molar-refractivity contribution in [1.82, 2.24) is 0 Å². The third kappa shape index (κ3) is 3.15. The number of nitrogens with one attached hydrogen (secondary N) is 1. The van der Waals surface area contributed by atoms with Gasteiger partial charge < -0.3 is 11.1 Å². The maximum absolute atomic E-state index is 6.16. The van der Waals surface area contributed by atoms with Gasteiger partial charge >= 0.3 is 0 Å². The van der Waals surface area contributed by atoms with E-state index in [4.69, 9.17) is 29.6 Å². The van der Waals surface area contributed by atoms with E-state index in [0.717, 1.165) is 17.2 Å². The molecule has 0 aliphatic heterocycles. The number of thiocarbonyl (C=S) groups is 1. The molecular formula is C14H19ClN2S. The van der Waals surface area contributed by atoms with E-state index < -0.39 is 0 Å². The molecule has 0 amide bonds. The van der Waals surface area contributed by atoms with Crippen LogP contribution in [-0.4, -0.2) is 11.0 Å². The number of anilines is 1. The minimum absolute atomic E-state index is 0.354. The normalized spacial score (nSPS) is 23.7. The molecule has 98 valence electrons. The maximum Gasteiger partial charge on any atom is 0.107 e. The lowest BCUT2D eigenvalue weighted by Gasteiger charge is -2.29. The molecule has 0 spiro atoms. The van der Waals surface area contributed by atoms with Crippen molar-refractivity contribution in [2.45, 2.75) is 38.6 Å². The second-order valence-electron chi connectivity index (χ2n) is 5.14. The molecule has 2 atom stereocenters. The molecule has 2 rings (SSSR count). The lowest BCUT2D eigenvalue weighted by molar-refractivity contribution is 0.358. The minimum atomic E-state index is 0.354. The maximum atomic E-state index is 6.16. The van der Waals surface area contributed by atoms with E-state index in [1.54, 1.807) is 0 Å². The molecule has 1 fully saturated rings. The second-order valence-corrected chi connectivity index (χ2v) is 5.99. The second kappa shape index (κ2) is 5.89. The van der Waals surface area contributed by atoms with Crippen molar-refractivity contribution in [1.29, 1.82) is 0 Å². The van der Waals surface area contributed by atoms with Crippen molar-refractivity contribution in [2.75, 3.05) is 5.32 Å². The van der Waals surface area contributed by atoms with E-state index >= 15 is 0 Å². The first-order chi connectivity index (χ1) is 8.58. The first kappa shape index (κ1) is 13.6. The van der Waals surface area contributed by atoms with Crippen molar-refractivity contribution >= 4 is 34.5 Å². The van der Waals surface area contributed by atoms with Gasteiger partial charge in [-0.05, 0) is 30.9 Å². The van der Waals surface area contributed by atoms with E-state index in [-0.39, 0.29) is 0 Å². The highest BCUT2D eigenvalue weighted by Gasteiger charge is 2.20. The van der Waals surface area contributed by atoms with Crippen LogP contribution in [0.3, 0.4) is 0 Å². The fraction of sp³-hybridized carbons (Fsp3) is 0.500. The number of hydrogen-bond acceptors (Lipinski definition) is 2. The van der Waals surface area contributed by atoms with E-state index in [1.807, 2.05) is 18.2 Å². The van der Waals surface area contributed by atoms with Crippen molar-refractivity contribution < 1.29 is 0 Å². The number of halogens is 1. The molecule has 18 heavy (non-hydrogen) atoms. The third-order valence-electron chi connectivity index (χ3n) is 3.56. The number of benzene rings is 1. The summed E-state index contributed by atoms with van der Waals surface area (Å²) in [7, 11) is 0. The molecular weight excluding hydrogens is 264 g/mol. The van der Waals surface area contributed by atoms with Gasteiger partial charge in [0.05, 0.1) is 10.6 Å². The molecule has 1 aliphatic carbocycles. The van der Waals surface area contributed by atoms with Gasteiger partial charge in [0.1, 0.15) is 4.99 Å². The Hall–Kier alpha value is -0.800. The molecule has 1 aromatic carbocycles. The van der Waals surface area contributed by atoms with Gasteiger partial charge in [-0.25, -0.2) is 0 Å². The molecule has 0 radical (unpaired) electrons. The van der Waals surface area contributed by atoms with Crippen LogP contribution in [0.1, 0.15) is 38.2 Å². The minimum Gasteiger partial charge on any atom is -0.389 e. The SMILES string of the molecule is CC1CCCC(Nc2cccc(Cl)c2C(N)=S)C1. The Morgan fingerprint density at radius 2 is 2.22 bits per heavy atom. The van der Waals surface area contributed by atoms with Gasteiger partial charge in [-0.1, -0.05) is 49.7 Å². The van der Waals surface area contributed by atoms with Gasteiger partial charge in [0.25, 0.3) is 0 Å².